The predicted molar refractivity (Wildman–Crippen MR) is 68.8 cm³/mol. The summed E-state index contributed by atoms with van der Waals surface area (Å²) in [6.45, 7) is 0. The second-order valence-electron chi connectivity index (χ2n) is 4.69. The molecule has 0 radical (unpaired) electrons. The van der Waals surface area contributed by atoms with Gasteiger partial charge in [-0.3, -0.25) is 0 Å². The lowest BCUT2D eigenvalue weighted by Crippen LogP contribution is -2.14. The molecule has 1 aliphatic rings. The maximum atomic E-state index is 13.3. The SMILES string of the molecule is FC1CCc2cc(-c3ccccc3)ccc2C1. The maximum absolute atomic E-state index is 13.3. The first-order chi connectivity index (χ1) is 8.33. The summed E-state index contributed by atoms with van der Waals surface area (Å²) >= 11 is 0. The summed E-state index contributed by atoms with van der Waals surface area (Å²) in [7, 11) is 0. The molecule has 0 fully saturated rings. The summed E-state index contributed by atoms with van der Waals surface area (Å²) in [5, 5.41) is 0. The molecule has 0 saturated heterocycles. The van der Waals surface area contributed by atoms with Gasteiger partial charge in [0.2, 0.25) is 0 Å². The van der Waals surface area contributed by atoms with Crippen LogP contribution in [0.15, 0.2) is 48.5 Å². The molecule has 17 heavy (non-hydrogen) atoms. The molecule has 1 atom stereocenters. The van der Waals surface area contributed by atoms with Crippen molar-refractivity contribution in [2.75, 3.05) is 0 Å². The number of benzene rings is 2. The molecule has 0 saturated carbocycles. The van der Waals surface area contributed by atoms with E-state index in [0.717, 1.165) is 6.42 Å². The van der Waals surface area contributed by atoms with Gasteiger partial charge < -0.3 is 0 Å². The van der Waals surface area contributed by atoms with Crippen LogP contribution >= 0.6 is 0 Å². The lowest BCUT2D eigenvalue weighted by Gasteiger charge is -2.19. The van der Waals surface area contributed by atoms with Crippen molar-refractivity contribution in [3.05, 3.63) is 59.7 Å². The van der Waals surface area contributed by atoms with Gasteiger partial charge in [0.05, 0.1) is 0 Å². The minimum Gasteiger partial charge on any atom is -0.247 e. The third kappa shape index (κ3) is 2.10. The molecule has 2 aromatic rings. The average molecular weight is 226 g/mol. The molecule has 2 aromatic carbocycles. The highest BCUT2D eigenvalue weighted by Gasteiger charge is 2.17. The van der Waals surface area contributed by atoms with Gasteiger partial charge in [0.15, 0.2) is 0 Å². The summed E-state index contributed by atoms with van der Waals surface area (Å²) in [5.41, 5.74) is 4.98. The Morgan fingerprint density at radius 2 is 1.71 bits per heavy atom. The molecule has 1 unspecified atom stereocenters. The molecule has 3 rings (SSSR count). The zero-order valence-electron chi connectivity index (χ0n) is 9.70. The van der Waals surface area contributed by atoms with E-state index in [4.69, 9.17) is 0 Å². The van der Waals surface area contributed by atoms with E-state index in [1.807, 2.05) is 18.2 Å². The third-order valence-electron chi connectivity index (χ3n) is 3.48. The lowest BCUT2D eigenvalue weighted by atomic mass is 9.88. The number of fused-ring (bicyclic) bond motifs is 1. The summed E-state index contributed by atoms with van der Waals surface area (Å²) in [5.74, 6) is 0. The second-order valence-corrected chi connectivity index (χ2v) is 4.69. The zero-order valence-corrected chi connectivity index (χ0v) is 9.70. The fraction of sp³-hybridized carbons (Fsp3) is 0.250. The van der Waals surface area contributed by atoms with Crippen molar-refractivity contribution < 1.29 is 4.39 Å². The Balaban J connectivity index is 1.99. The van der Waals surface area contributed by atoms with Crippen LogP contribution in [-0.2, 0) is 12.8 Å². The van der Waals surface area contributed by atoms with Crippen LogP contribution in [0.2, 0.25) is 0 Å². The number of alkyl halides is 1. The second kappa shape index (κ2) is 4.33. The molecule has 0 bridgehead atoms. The van der Waals surface area contributed by atoms with Gasteiger partial charge >= 0.3 is 0 Å². The highest BCUT2D eigenvalue weighted by atomic mass is 19.1. The first-order valence-electron chi connectivity index (χ1n) is 6.14. The smallest absolute Gasteiger partial charge is 0.104 e. The van der Waals surface area contributed by atoms with Crippen molar-refractivity contribution >= 4 is 0 Å². The van der Waals surface area contributed by atoms with Crippen LogP contribution in [0.5, 0.6) is 0 Å². The Hall–Kier alpha value is -1.63. The molecule has 86 valence electrons. The molecule has 0 N–H and O–H groups in total. The third-order valence-corrected chi connectivity index (χ3v) is 3.48. The van der Waals surface area contributed by atoms with Crippen LogP contribution in [0.25, 0.3) is 11.1 Å². The minimum absolute atomic E-state index is 0.588. The molecule has 1 aliphatic carbocycles. The Kier molecular flexibility index (Phi) is 2.68. The van der Waals surface area contributed by atoms with E-state index in [9.17, 15) is 4.39 Å². The molecule has 0 aliphatic heterocycles. The van der Waals surface area contributed by atoms with Gasteiger partial charge in [0.25, 0.3) is 0 Å². The quantitative estimate of drug-likeness (QED) is 0.684. The molecule has 0 nitrogen and oxygen atoms in total. The first kappa shape index (κ1) is 10.5. The number of rotatable bonds is 1. The fourth-order valence-corrected chi connectivity index (χ4v) is 2.52. The van der Waals surface area contributed by atoms with Crippen molar-refractivity contribution in [3.8, 4) is 11.1 Å². The topological polar surface area (TPSA) is 0 Å². The van der Waals surface area contributed by atoms with Gasteiger partial charge in [-0.05, 0) is 35.1 Å². The summed E-state index contributed by atoms with van der Waals surface area (Å²) in [6.07, 6.45) is 1.48. The summed E-state index contributed by atoms with van der Waals surface area (Å²) in [6, 6.07) is 16.8. The van der Waals surface area contributed by atoms with Gasteiger partial charge in [-0.25, -0.2) is 4.39 Å². The molecular weight excluding hydrogens is 211 g/mol. The molecule has 0 spiro atoms. The first-order valence-corrected chi connectivity index (χ1v) is 6.14. The zero-order chi connectivity index (χ0) is 11.7. The van der Waals surface area contributed by atoms with E-state index in [1.165, 1.54) is 22.3 Å². The molecule has 0 aromatic heterocycles. The molecule has 0 amide bonds. The van der Waals surface area contributed by atoms with Crippen molar-refractivity contribution in [3.63, 3.8) is 0 Å². The minimum atomic E-state index is -0.648. The molecule has 0 heterocycles. The van der Waals surface area contributed by atoms with Gasteiger partial charge in [-0.15, -0.1) is 0 Å². The van der Waals surface area contributed by atoms with Crippen LogP contribution in [0.4, 0.5) is 4.39 Å². The van der Waals surface area contributed by atoms with Gasteiger partial charge in [-0.2, -0.15) is 0 Å². The molecular formula is C16H15F. The van der Waals surface area contributed by atoms with Gasteiger partial charge in [0.1, 0.15) is 6.17 Å². The van der Waals surface area contributed by atoms with E-state index in [-0.39, 0.29) is 0 Å². The lowest BCUT2D eigenvalue weighted by molar-refractivity contribution is 0.301. The Morgan fingerprint density at radius 1 is 0.882 bits per heavy atom. The van der Waals surface area contributed by atoms with Crippen LogP contribution in [0.3, 0.4) is 0 Å². The number of halogens is 1. The van der Waals surface area contributed by atoms with Crippen LogP contribution < -0.4 is 0 Å². The summed E-state index contributed by atoms with van der Waals surface area (Å²) < 4.78 is 13.3. The van der Waals surface area contributed by atoms with E-state index in [0.29, 0.717) is 12.8 Å². The van der Waals surface area contributed by atoms with Crippen LogP contribution in [0, 0.1) is 0 Å². The Labute approximate surface area is 101 Å². The van der Waals surface area contributed by atoms with Gasteiger partial charge in [0, 0.05) is 6.42 Å². The largest absolute Gasteiger partial charge is 0.247 e. The number of hydrogen-bond donors (Lipinski definition) is 0. The number of hydrogen-bond acceptors (Lipinski definition) is 0. The van der Waals surface area contributed by atoms with E-state index in [2.05, 4.69) is 30.3 Å². The fourth-order valence-electron chi connectivity index (χ4n) is 2.52. The van der Waals surface area contributed by atoms with Gasteiger partial charge in [-0.1, -0.05) is 48.5 Å². The summed E-state index contributed by atoms with van der Waals surface area (Å²) in [4.78, 5) is 0. The van der Waals surface area contributed by atoms with Crippen LogP contribution in [-0.4, -0.2) is 6.17 Å². The van der Waals surface area contributed by atoms with Crippen molar-refractivity contribution in [2.24, 2.45) is 0 Å². The standard InChI is InChI=1S/C16H15F/c17-16-9-8-14-10-13(6-7-15(14)11-16)12-4-2-1-3-5-12/h1-7,10,16H,8-9,11H2. The highest BCUT2D eigenvalue weighted by molar-refractivity contribution is 5.65. The maximum Gasteiger partial charge on any atom is 0.104 e. The van der Waals surface area contributed by atoms with Crippen molar-refractivity contribution in [1.82, 2.24) is 0 Å². The van der Waals surface area contributed by atoms with Crippen molar-refractivity contribution in [1.29, 1.82) is 0 Å². The molecule has 1 heteroatoms. The highest BCUT2D eigenvalue weighted by Crippen LogP contribution is 2.28. The van der Waals surface area contributed by atoms with E-state index in [1.54, 1.807) is 0 Å². The van der Waals surface area contributed by atoms with Crippen LogP contribution in [0.1, 0.15) is 17.5 Å². The predicted octanol–water partition coefficient (Wildman–Crippen LogP) is 4.18. The Morgan fingerprint density at radius 3 is 2.53 bits per heavy atom. The van der Waals surface area contributed by atoms with Crippen molar-refractivity contribution in [2.45, 2.75) is 25.4 Å². The van der Waals surface area contributed by atoms with E-state index >= 15 is 0 Å². The van der Waals surface area contributed by atoms with E-state index < -0.39 is 6.17 Å². The average Bonchev–Trinajstić information content (AvgIpc) is 2.39. The number of aryl methyl sites for hydroxylation is 1. The monoisotopic (exact) mass is 226 g/mol. The Bertz CT molecular complexity index is 516. The normalized spacial score (nSPS) is 18.8.